The van der Waals surface area contributed by atoms with Crippen molar-refractivity contribution in [1.82, 2.24) is 5.32 Å². The van der Waals surface area contributed by atoms with Crippen LogP contribution in [0.5, 0.6) is 0 Å². The van der Waals surface area contributed by atoms with Crippen LogP contribution in [0.25, 0.3) is 0 Å². The first-order valence-corrected chi connectivity index (χ1v) is 8.39. The lowest BCUT2D eigenvalue weighted by molar-refractivity contribution is -0.163. The average molecular weight is 351 g/mol. The Morgan fingerprint density at radius 1 is 1.32 bits per heavy atom. The molecule has 6 heteroatoms. The van der Waals surface area contributed by atoms with Crippen LogP contribution in [0, 0.1) is 0 Å². The Kier molecular flexibility index (Phi) is 7.42. The second kappa shape index (κ2) is 8.85. The van der Waals surface area contributed by atoms with Crippen LogP contribution in [-0.2, 0) is 19.0 Å². The number of esters is 1. The number of hydrogen-bond acceptors (Lipinski definition) is 5. The Bertz CT molecular complexity index is 539. The molecule has 0 unspecified atom stereocenters. The maximum Gasteiger partial charge on any atom is 0.408 e. The van der Waals surface area contributed by atoms with Gasteiger partial charge in [0.2, 0.25) is 0 Å². The molecule has 0 aromatic rings. The molecule has 1 saturated carbocycles. The highest BCUT2D eigenvalue weighted by Gasteiger charge is 2.53. The molecule has 0 spiro atoms. The zero-order chi connectivity index (χ0) is 19.1. The lowest BCUT2D eigenvalue weighted by atomic mass is 9.74. The van der Waals surface area contributed by atoms with Crippen LogP contribution >= 0.6 is 0 Å². The van der Waals surface area contributed by atoms with E-state index in [4.69, 9.17) is 14.2 Å². The Morgan fingerprint density at radius 3 is 2.48 bits per heavy atom. The van der Waals surface area contributed by atoms with Gasteiger partial charge in [0.05, 0.1) is 19.3 Å². The van der Waals surface area contributed by atoms with Crippen LogP contribution < -0.4 is 5.32 Å². The molecule has 0 aromatic heterocycles. The minimum Gasteiger partial charge on any atom is -0.464 e. The number of carbonyl (C=O) groups is 2. The second-order valence-electron chi connectivity index (χ2n) is 7.02. The van der Waals surface area contributed by atoms with Gasteiger partial charge in [-0.1, -0.05) is 31.4 Å². The molecule has 140 valence electrons. The molecule has 1 rings (SSSR count). The van der Waals surface area contributed by atoms with Crippen LogP contribution in [0.15, 0.2) is 37.0 Å². The van der Waals surface area contributed by atoms with Gasteiger partial charge in [0.15, 0.2) is 0 Å². The molecule has 0 heterocycles. The van der Waals surface area contributed by atoms with Crippen molar-refractivity contribution < 1.29 is 23.8 Å². The summed E-state index contributed by atoms with van der Waals surface area (Å²) in [4.78, 5) is 24.3. The first-order valence-electron chi connectivity index (χ1n) is 8.39. The van der Waals surface area contributed by atoms with Gasteiger partial charge in [0, 0.05) is 12.8 Å². The van der Waals surface area contributed by atoms with E-state index in [2.05, 4.69) is 18.5 Å². The number of ether oxygens (including phenoxy) is 3. The summed E-state index contributed by atoms with van der Waals surface area (Å²) in [6.45, 7) is 15.1. The number of alkyl carbamates (subject to hydrolysis) is 1. The Hall–Kier alpha value is -2.08. The smallest absolute Gasteiger partial charge is 0.408 e. The van der Waals surface area contributed by atoms with E-state index in [0.717, 1.165) is 5.57 Å². The van der Waals surface area contributed by atoms with Gasteiger partial charge in [0.1, 0.15) is 11.1 Å². The molecule has 0 saturated heterocycles. The molecule has 1 N–H and O–H groups in total. The molecule has 25 heavy (non-hydrogen) atoms. The normalized spacial score (nSPS) is 22.8. The van der Waals surface area contributed by atoms with Gasteiger partial charge < -0.3 is 19.5 Å². The zero-order valence-corrected chi connectivity index (χ0v) is 15.6. The number of nitrogens with one attached hydrogen (secondary N) is 1. The van der Waals surface area contributed by atoms with Gasteiger partial charge in [-0.2, -0.15) is 0 Å². The van der Waals surface area contributed by atoms with E-state index in [9.17, 15) is 9.59 Å². The monoisotopic (exact) mass is 351 g/mol. The molecule has 0 aliphatic heterocycles. The summed E-state index contributed by atoms with van der Waals surface area (Å²) in [6.07, 6.45) is 5.12. The van der Waals surface area contributed by atoms with Crippen LogP contribution in [-0.4, -0.2) is 42.5 Å². The maximum atomic E-state index is 12.3. The molecule has 0 radical (unpaired) electrons. The van der Waals surface area contributed by atoms with Gasteiger partial charge in [-0.05, 0) is 33.3 Å². The molecule has 0 aromatic carbocycles. The molecule has 1 amide bonds. The third-order valence-corrected chi connectivity index (χ3v) is 3.53. The maximum absolute atomic E-state index is 12.3. The molecule has 0 atom stereocenters. The van der Waals surface area contributed by atoms with Crippen molar-refractivity contribution in [3.8, 4) is 0 Å². The Morgan fingerprint density at radius 2 is 1.96 bits per heavy atom. The highest BCUT2D eigenvalue weighted by molar-refractivity contribution is 5.87. The predicted octanol–water partition coefficient (Wildman–Crippen LogP) is 3.29. The SMILES string of the molecule is C=C/C=C\C(=C)COC1CC(NC(=O)OC(C)(C)C)(C(=O)OCC)C1. The van der Waals surface area contributed by atoms with Crippen molar-refractivity contribution in [2.45, 2.75) is 57.8 Å². The average Bonchev–Trinajstić information content (AvgIpc) is 2.45. The molecular weight excluding hydrogens is 322 g/mol. The molecule has 1 aliphatic carbocycles. The third kappa shape index (κ3) is 6.74. The van der Waals surface area contributed by atoms with Gasteiger partial charge in [-0.25, -0.2) is 9.59 Å². The van der Waals surface area contributed by atoms with E-state index in [-0.39, 0.29) is 12.7 Å². The zero-order valence-electron chi connectivity index (χ0n) is 15.6. The third-order valence-electron chi connectivity index (χ3n) is 3.53. The van der Waals surface area contributed by atoms with Crippen LogP contribution in [0.1, 0.15) is 40.5 Å². The molecule has 0 bridgehead atoms. The highest BCUT2D eigenvalue weighted by atomic mass is 16.6. The first kappa shape index (κ1) is 21.0. The first-order chi connectivity index (χ1) is 11.6. The number of amides is 1. The standard InChI is InChI=1S/C19H29NO5/c1-7-9-10-14(3)13-24-15-11-19(12-15,16(21)23-8-2)20-17(22)25-18(4,5)6/h7,9-10,15H,1,3,8,11-13H2,2,4-6H3,(H,20,22)/b10-9-. The number of carbonyl (C=O) groups excluding carboxylic acids is 2. The van der Waals surface area contributed by atoms with E-state index in [1.165, 1.54) is 0 Å². The van der Waals surface area contributed by atoms with Gasteiger partial charge in [0.25, 0.3) is 0 Å². The number of rotatable bonds is 8. The lowest BCUT2D eigenvalue weighted by Crippen LogP contribution is -2.65. The highest BCUT2D eigenvalue weighted by Crippen LogP contribution is 2.36. The van der Waals surface area contributed by atoms with Crippen molar-refractivity contribution >= 4 is 12.1 Å². The summed E-state index contributed by atoms with van der Waals surface area (Å²) in [6, 6.07) is 0. The topological polar surface area (TPSA) is 73.9 Å². The summed E-state index contributed by atoms with van der Waals surface area (Å²) >= 11 is 0. The van der Waals surface area contributed by atoms with Crippen molar-refractivity contribution in [2.75, 3.05) is 13.2 Å². The number of allylic oxidation sites excluding steroid dienone is 2. The molecular formula is C19H29NO5. The van der Waals surface area contributed by atoms with E-state index in [1.54, 1.807) is 39.8 Å². The minimum absolute atomic E-state index is 0.159. The van der Waals surface area contributed by atoms with Crippen LogP contribution in [0.4, 0.5) is 4.79 Å². The number of hydrogen-bond donors (Lipinski definition) is 1. The molecule has 6 nitrogen and oxygen atoms in total. The van der Waals surface area contributed by atoms with E-state index >= 15 is 0 Å². The van der Waals surface area contributed by atoms with Crippen LogP contribution in [0.3, 0.4) is 0 Å². The quantitative estimate of drug-likeness (QED) is 0.536. The summed E-state index contributed by atoms with van der Waals surface area (Å²) in [5.74, 6) is -0.467. The summed E-state index contributed by atoms with van der Waals surface area (Å²) in [5.41, 5.74) is -0.940. The summed E-state index contributed by atoms with van der Waals surface area (Å²) in [7, 11) is 0. The van der Waals surface area contributed by atoms with Gasteiger partial charge >= 0.3 is 12.1 Å². The summed E-state index contributed by atoms with van der Waals surface area (Å²) < 4.78 is 16.1. The molecule has 1 aliphatic rings. The van der Waals surface area contributed by atoms with Gasteiger partial charge in [-0.3, -0.25) is 0 Å². The predicted molar refractivity (Wildman–Crippen MR) is 96.2 cm³/mol. The summed E-state index contributed by atoms with van der Waals surface area (Å²) in [5, 5.41) is 2.66. The fraction of sp³-hybridized carbons (Fsp3) is 0.579. The second-order valence-corrected chi connectivity index (χ2v) is 7.02. The van der Waals surface area contributed by atoms with E-state index in [1.807, 2.05) is 6.08 Å². The largest absolute Gasteiger partial charge is 0.464 e. The van der Waals surface area contributed by atoms with Crippen molar-refractivity contribution in [1.29, 1.82) is 0 Å². The Labute approximate surface area is 149 Å². The van der Waals surface area contributed by atoms with Gasteiger partial charge in [-0.15, -0.1) is 0 Å². The minimum atomic E-state index is -1.10. The van der Waals surface area contributed by atoms with Crippen molar-refractivity contribution in [2.24, 2.45) is 0 Å². The fourth-order valence-electron chi connectivity index (χ4n) is 2.40. The molecule has 1 fully saturated rings. The van der Waals surface area contributed by atoms with Crippen molar-refractivity contribution in [3.63, 3.8) is 0 Å². The lowest BCUT2D eigenvalue weighted by Gasteiger charge is -2.45. The van der Waals surface area contributed by atoms with Crippen LogP contribution in [0.2, 0.25) is 0 Å². The Balaban J connectivity index is 2.62. The van der Waals surface area contributed by atoms with Crippen molar-refractivity contribution in [3.05, 3.63) is 37.0 Å². The fourth-order valence-corrected chi connectivity index (χ4v) is 2.40. The van der Waals surface area contributed by atoms with E-state index in [0.29, 0.717) is 19.4 Å². The van der Waals surface area contributed by atoms with E-state index < -0.39 is 23.2 Å².